The van der Waals surface area contributed by atoms with Crippen LogP contribution in [0.15, 0.2) is 59.7 Å². The number of rotatable bonds is 4. The summed E-state index contributed by atoms with van der Waals surface area (Å²) in [7, 11) is 0. The Bertz CT molecular complexity index is 1080. The molecule has 1 aromatic carbocycles. The van der Waals surface area contributed by atoms with Crippen LogP contribution in [0.5, 0.6) is 0 Å². The first-order valence-corrected chi connectivity index (χ1v) is 8.62. The molecule has 25 heavy (non-hydrogen) atoms. The molecule has 0 spiro atoms. The maximum absolute atomic E-state index is 12.7. The van der Waals surface area contributed by atoms with Gasteiger partial charge in [0, 0.05) is 36.4 Å². The lowest BCUT2D eigenvalue weighted by molar-refractivity contribution is 0.721. The van der Waals surface area contributed by atoms with E-state index < -0.39 is 0 Å². The van der Waals surface area contributed by atoms with Crippen LogP contribution >= 0.6 is 11.3 Å². The number of pyridine rings is 1. The predicted octanol–water partition coefficient (Wildman–Crippen LogP) is 1.90. The minimum Gasteiger partial charge on any atom is -0.360 e. The van der Waals surface area contributed by atoms with Gasteiger partial charge in [0.2, 0.25) is 0 Å². The largest absolute Gasteiger partial charge is 0.360 e. The molecule has 0 fully saturated rings. The van der Waals surface area contributed by atoms with E-state index in [1.165, 1.54) is 11.3 Å². The molecule has 2 heterocycles. The molecule has 0 atom stereocenters. The Hall–Kier alpha value is -3.17. The van der Waals surface area contributed by atoms with Crippen molar-refractivity contribution in [2.75, 3.05) is 5.32 Å². The summed E-state index contributed by atoms with van der Waals surface area (Å²) in [6.07, 6.45) is 4.98. The third-order valence-corrected chi connectivity index (χ3v) is 4.77. The fourth-order valence-electron chi connectivity index (χ4n) is 2.42. The highest BCUT2D eigenvalue weighted by Gasteiger charge is 2.10. The van der Waals surface area contributed by atoms with Gasteiger partial charge in [-0.15, -0.1) is 11.3 Å². The molecule has 6 heteroatoms. The van der Waals surface area contributed by atoms with E-state index in [-0.39, 0.29) is 5.56 Å². The number of hydrogen-bond donors (Lipinski definition) is 1. The summed E-state index contributed by atoms with van der Waals surface area (Å²) in [5.74, 6) is 0. The number of nitrogens with one attached hydrogen (secondary N) is 1. The first-order chi connectivity index (χ1) is 12.2. The second-order valence-electron chi connectivity index (χ2n) is 5.20. The van der Waals surface area contributed by atoms with Crippen molar-refractivity contribution in [3.05, 3.63) is 80.0 Å². The molecule has 0 saturated carbocycles. The zero-order valence-electron chi connectivity index (χ0n) is 13.6. The van der Waals surface area contributed by atoms with Crippen molar-refractivity contribution < 1.29 is 0 Å². The van der Waals surface area contributed by atoms with Gasteiger partial charge in [-0.1, -0.05) is 24.3 Å². The Labute approximate surface area is 148 Å². The van der Waals surface area contributed by atoms with E-state index in [0.29, 0.717) is 26.9 Å². The minimum atomic E-state index is -0.109. The first kappa shape index (κ1) is 16.7. The van der Waals surface area contributed by atoms with E-state index in [0.717, 1.165) is 5.69 Å². The van der Waals surface area contributed by atoms with Crippen molar-refractivity contribution in [3.8, 4) is 6.07 Å². The Morgan fingerprint density at radius 3 is 2.76 bits per heavy atom. The van der Waals surface area contributed by atoms with Crippen molar-refractivity contribution in [1.29, 1.82) is 5.26 Å². The monoisotopic (exact) mass is 348 g/mol. The number of nitriles is 1. The topological polar surface area (TPSA) is 70.7 Å². The van der Waals surface area contributed by atoms with Crippen LogP contribution in [0.1, 0.15) is 12.5 Å². The van der Waals surface area contributed by atoms with E-state index in [2.05, 4.69) is 16.4 Å². The van der Waals surface area contributed by atoms with Gasteiger partial charge in [0.05, 0.1) is 5.57 Å². The summed E-state index contributed by atoms with van der Waals surface area (Å²) in [6, 6.07) is 15.4. The maximum atomic E-state index is 12.7. The number of anilines is 1. The predicted molar refractivity (Wildman–Crippen MR) is 100 cm³/mol. The molecule has 1 N–H and O–H groups in total. The van der Waals surface area contributed by atoms with Gasteiger partial charge in [-0.2, -0.15) is 5.26 Å². The number of benzene rings is 1. The summed E-state index contributed by atoms with van der Waals surface area (Å²) in [6.45, 7) is 2.39. The molecule has 0 unspecified atom stereocenters. The third kappa shape index (κ3) is 3.52. The quantitative estimate of drug-likeness (QED) is 0.782. The van der Waals surface area contributed by atoms with E-state index >= 15 is 0 Å². The van der Waals surface area contributed by atoms with Gasteiger partial charge in [0.1, 0.15) is 15.3 Å². The highest BCUT2D eigenvalue weighted by molar-refractivity contribution is 7.07. The molecule has 0 aliphatic carbocycles. The number of thiazole rings is 1. The molecule has 5 nitrogen and oxygen atoms in total. The van der Waals surface area contributed by atoms with Crippen LogP contribution < -0.4 is 20.1 Å². The fraction of sp³-hybridized carbons (Fsp3) is 0.105. The zero-order chi connectivity index (χ0) is 17.6. The van der Waals surface area contributed by atoms with Crippen LogP contribution in [0.3, 0.4) is 0 Å². The van der Waals surface area contributed by atoms with Crippen LogP contribution in [-0.4, -0.2) is 9.55 Å². The van der Waals surface area contributed by atoms with Gasteiger partial charge in [0.25, 0.3) is 5.56 Å². The van der Waals surface area contributed by atoms with Crippen molar-refractivity contribution in [2.45, 2.75) is 13.5 Å². The lowest BCUT2D eigenvalue weighted by atomic mass is 10.1. The van der Waals surface area contributed by atoms with Crippen molar-refractivity contribution in [3.63, 3.8) is 0 Å². The Balaban J connectivity index is 2.18. The molecule has 0 aliphatic heterocycles. The van der Waals surface area contributed by atoms with Crippen molar-refractivity contribution in [2.24, 2.45) is 0 Å². The van der Waals surface area contributed by atoms with E-state index in [9.17, 15) is 10.1 Å². The number of nitrogens with zero attached hydrogens (tertiary/aromatic N) is 3. The average molecular weight is 348 g/mol. The van der Waals surface area contributed by atoms with Crippen LogP contribution in [0.2, 0.25) is 0 Å². The molecule has 0 amide bonds. The molecule has 0 aliphatic rings. The van der Waals surface area contributed by atoms with E-state index in [4.69, 9.17) is 0 Å². The Kier molecular flexibility index (Phi) is 5.07. The number of para-hydroxylation sites is 1. The standard InChI is InChI=1S/C19H16N4OS/c1-2-23-18(24)17(13-22-15-8-4-3-5-9-15)25-19(23)16(11-20)14-7-6-10-21-12-14/h3-10,12-13,22H,2H2,1H3. The molecule has 0 bridgehead atoms. The maximum Gasteiger partial charge on any atom is 0.270 e. The SMILES string of the molecule is CCn1c(=C(C#N)c2cccnc2)sc(=CNc2ccccc2)c1=O. The van der Waals surface area contributed by atoms with Gasteiger partial charge < -0.3 is 5.32 Å². The molecule has 3 aromatic rings. The van der Waals surface area contributed by atoms with Gasteiger partial charge in [-0.25, -0.2) is 0 Å². The van der Waals surface area contributed by atoms with E-state index in [1.807, 2.05) is 43.3 Å². The van der Waals surface area contributed by atoms with Crippen LogP contribution in [0, 0.1) is 11.3 Å². The summed E-state index contributed by atoms with van der Waals surface area (Å²) in [4.78, 5) is 16.7. The van der Waals surface area contributed by atoms with Gasteiger partial charge >= 0.3 is 0 Å². The molecule has 0 saturated heterocycles. The fourth-order valence-corrected chi connectivity index (χ4v) is 3.53. The number of aromatic nitrogens is 2. The second-order valence-corrected chi connectivity index (χ2v) is 6.23. The average Bonchev–Trinajstić information content (AvgIpc) is 2.98. The normalized spacial score (nSPS) is 12.6. The summed E-state index contributed by atoms with van der Waals surface area (Å²) >= 11 is 1.30. The zero-order valence-corrected chi connectivity index (χ0v) is 14.5. The van der Waals surface area contributed by atoms with Gasteiger partial charge in [0.15, 0.2) is 0 Å². The summed E-state index contributed by atoms with van der Waals surface area (Å²) < 4.78 is 2.82. The molecule has 0 radical (unpaired) electrons. The van der Waals surface area contributed by atoms with Gasteiger partial charge in [-0.05, 0) is 25.1 Å². The molecule has 124 valence electrons. The molecule has 3 rings (SSSR count). The highest BCUT2D eigenvalue weighted by atomic mass is 32.1. The first-order valence-electron chi connectivity index (χ1n) is 7.80. The molecule has 2 aromatic heterocycles. The van der Waals surface area contributed by atoms with Crippen LogP contribution in [0.25, 0.3) is 11.8 Å². The third-order valence-electron chi connectivity index (χ3n) is 3.64. The molecular formula is C19H16N4OS. The highest BCUT2D eigenvalue weighted by Crippen LogP contribution is 2.08. The molecular weight excluding hydrogens is 332 g/mol. The van der Waals surface area contributed by atoms with Gasteiger partial charge in [-0.3, -0.25) is 14.3 Å². The van der Waals surface area contributed by atoms with Crippen molar-refractivity contribution >= 4 is 28.8 Å². The summed E-state index contributed by atoms with van der Waals surface area (Å²) in [5, 5.41) is 12.7. The number of hydrogen-bond acceptors (Lipinski definition) is 5. The second kappa shape index (κ2) is 7.60. The Morgan fingerprint density at radius 2 is 2.12 bits per heavy atom. The Morgan fingerprint density at radius 1 is 1.32 bits per heavy atom. The lowest BCUT2D eigenvalue weighted by Crippen LogP contribution is -2.31. The summed E-state index contributed by atoms with van der Waals surface area (Å²) in [5.41, 5.74) is 1.95. The van der Waals surface area contributed by atoms with Crippen LogP contribution in [0.4, 0.5) is 5.69 Å². The smallest absolute Gasteiger partial charge is 0.270 e. The lowest BCUT2D eigenvalue weighted by Gasteiger charge is -1.99. The minimum absolute atomic E-state index is 0.109. The van der Waals surface area contributed by atoms with Crippen molar-refractivity contribution in [1.82, 2.24) is 9.55 Å². The van der Waals surface area contributed by atoms with E-state index in [1.54, 1.807) is 29.2 Å². The van der Waals surface area contributed by atoms with Crippen LogP contribution in [-0.2, 0) is 6.54 Å².